The molecule has 0 saturated heterocycles. The van der Waals surface area contributed by atoms with Gasteiger partial charge in [0.15, 0.2) is 0 Å². The number of halogens is 1. The van der Waals surface area contributed by atoms with Gasteiger partial charge in [-0.15, -0.1) is 0 Å². The predicted molar refractivity (Wildman–Crippen MR) is 65.3 cm³/mol. The summed E-state index contributed by atoms with van der Waals surface area (Å²) in [6, 6.07) is 4.81. The van der Waals surface area contributed by atoms with Crippen molar-refractivity contribution < 1.29 is 14.3 Å². The maximum atomic E-state index is 11.1. The minimum absolute atomic E-state index is 0.283. The Bertz CT molecular complexity index is 448. The van der Waals surface area contributed by atoms with Crippen molar-refractivity contribution in [3.8, 4) is 5.75 Å². The van der Waals surface area contributed by atoms with E-state index in [1.165, 1.54) is 14.0 Å². The van der Waals surface area contributed by atoms with Gasteiger partial charge in [0.25, 0.3) is 0 Å². The van der Waals surface area contributed by atoms with Crippen LogP contribution in [-0.4, -0.2) is 19.0 Å². The molecule has 1 aromatic rings. The third-order valence-electron chi connectivity index (χ3n) is 2.07. The number of rotatable bonds is 2. The molecule has 92 valence electrons. The first kappa shape index (κ1) is 13.3. The molecule has 1 N–H and O–H groups in total. The summed E-state index contributed by atoms with van der Waals surface area (Å²) in [5, 5.41) is 2.34. The van der Waals surface area contributed by atoms with Crippen molar-refractivity contribution in [2.24, 2.45) is 0 Å². The first-order valence-corrected chi connectivity index (χ1v) is 5.26. The Morgan fingerprint density at radius 2 is 2.06 bits per heavy atom. The molecular formula is C11H13ClN2O3. The number of anilines is 1. The van der Waals surface area contributed by atoms with E-state index in [4.69, 9.17) is 16.5 Å². The molecule has 0 aromatic heterocycles. The second-order valence-corrected chi connectivity index (χ2v) is 3.73. The van der Waals surface area contributed by atoms with Crippen LogP contribution in [0.4, 0.5) is 10.5 Å². The van der Waals surface area contributed by atoms with Crippen LogP contribution in [0.2, 0.25) is 0 Å². The van der Waals surface area contributed by atoms with Gasteiger partial charge >= 0.3 is 6.09 Å². The summed E-state index contributed by atoms with van der Waals surface area (Å²) in [4.78, 5) is 22.1. The summed E-state index contributed by atoms with van der Waals surface area (Å²) < 4.78 is 5.96. The molecule has 6 heteroatoms. The molecular weight excluding hydrogens is 244 g/mol. The molecule has 0 aliphatic heterocycles. The van der Waals surface area contributed by atoms with Crippen LogP contribution in [0.3, 0.4) is 0 Å². The molecule has 0 aliphatic carbocycles. The summed E-state index contributed by atoms with van der Waals surface area (Å²) >= 11 is 5.80. The van der Waals surface area contributed by atoms with Crippen LogP contribution in [0.15, 0.2) is 18.2 Å². The lowest BCUT2D eigenvalue weighted by Crippen LogP contribution is -2.22. The van der Waals surface area contributed by atoms with Crippen molar-refractivity contribution in [1.29, 1.82) is 0 Å². The quantitative estimate of drug-likeness (QED) is 0.826. The first-order valence-electron chi connectivity index (χ1n) is 4.92. The molecule has 0 heterocycles. The molecule has 0 bridgehead atoms. The van der Waals surface area contributed by atoms with E-state index in [9.17, 15) is 9.59 Å². The number of nitrogens with one attached hydrogen (secondary N) is 1. The fraction of sp³-hybridized carbons (Fsp3) is 0.273. The maximum Gasteiger partial charge on any atom is 0.412 e. The van der Waals surface area contributed by atoms with Crippen molar-refractivity contribution in [3.63, 3.8) is 0 Å². The minimum atomic E-state index is -0.550. The number of nitrogens with zero attached hydrogens (tertiary/aromatic N) is 1. The van der Waals surface area contributed by atoms with Crippen molar-refractivity contribution >= 4 is 29.5 Å². The van der Waals surface area contributed by atoms with Crippen LogP contribution in [0, 0.1) is 6.92 Å². The Morgan fingerprint density at radius 3 is 2.53 bits per heavy atom. The molecule has 0 spiro atoms. The summed E-state index contributed by atoms with van der Waals surface area (Å²) in [5.41, 5.74) is 1.29. The van der Waals surface area contributed by atoms with Crippen molar-refractivity contribution in [1.82, 2.24) is 5.32 Å². The van der Waals surface area contributed by atoms with Gasteiger partial charge in [0.2, 0.25) is 5.91 Å². The molecule has 0 aliphatic rings. The number of amides is 2. The van der Waals surface area contributed by atoms with E-state index < -0.39 is 6.09 Å². The van der Waals surface area contributed by atoms with Gasteiger partial charge in [0, 0.05) is 25.7 Å². The minimum Gasteiger partial charge on any atom is -0.410 e. The van der Waals surface area contributed by atoms with E-state index in [1.807, 2.05) is 0 Å². The zero-order valence-electron chi connectivity index (χ0n) is 9.78. The standard InChI is InChI=1S/C11H13ClN2O3/c1-7-6-9(17-11(16)13-3)4-5-10(7)14(12)8(2)15/h4-6H,1-3H3,(H,13,16). The van der Waals surface area contributed by atoms with Crippen LogP contribution in [-0.2, 0) is 4.79 Å². The first-order chi connectivity index (χ1) is 7.95. The van der Waals surface area contributed by atoms with E-state index in [1.54, 1.807) is 25.1 Å². The van der Waals surface area contributed by atoms with E-state index >= 15 is 0 Å². The van der Waals surface area contributed by atoms with Crippen LogP contribution in [0.5, 0.6) is 5.75 Å². The Kier molecular flexibility index (Phi) is 4.34. The molecule has 17 heavy (non-hydrogen) atoms. The molecule has 1 aromatic carbocycles. The Morgan fingerprint density at radius 1 is 1.41 bits per heavy atom. The number of hydrogen-bond donors (Lipinski definition) is 1. The molecule has 2 amide bonds. The van der Waals surface area contributed by atoms with Crippen LogP contribution in [0.25, 0.3) is 0 Å². The van der Waals surface area contributed by atoms with Crippen LogP contribution < -0.4 is 14.5 Å². The summed E-state index contributed by atoms with van der Waals surface area (Å²) in [6.07, 6.45) is -0.550. The van der Waals surface area contributed by atoms with Gasteiger partial charge in [0.05, 0.1) is 5.69 Å². The largest absolute Gasteiger partial charge is 0.412 e. The smallest absolute Gasteiger partial charge is 0.410 e. The van der Waals surface area contributed by atoms with Gasteiger partial charge < -0.3 is 10.1 Å². The zero-order chi connectivity index (χ0) is 13.0. The maximum absolute atomic E-state index is 11.1. The number of carbonyl (C=O) groups is 2. The van der Waals surface area contributed by atoms with E-state index in [-0.39, 0.29) is 5.91 Å². The van der Waals surface area contributed by atoms with Crippen LogP contribution >= 0.6 is 11.8 Å². The average Bonchev–Trinajstić information content (AvgIpc) is 2.28. The Hall–Kier alpha value is -1.75. The summed E-state index contributed by atoms with van der Waals surface area (Å²) in [7, 11) is 1.47. The SMILES string of the molecule is CNC(=O)Oc1ccc(N(Cl)C(C)=O)c(C)c1. The highest BCUT2D eigenvalue weighted by molar-refractivity contribution is 6.36. The van der Waals surface area contributed by atoms with Gasteiger partial charge in [-0.1, -0.05) is 0 Å². The number of aryl methyl sites for hydroxylation is 1. The predicted octanol–water partition coefficient (Wildman–Crippen LogP) is 2.22. The third-order valence-corrected chi connectivity index (χ3v) is 2.49. The van der Waals surface area contributed by atoms with Gasteiger partial charge in [-0.2, -0.15) is 0 Å². The van der Waals surface area contributed by atoms with Gasteiger partial charge in [-0.05, 0) is 30.7 Å². The fourth-order valence-electron chi connectivity index (χ4n) is 1.24. The summed E-state index contributed by atoms with van der Waals surface area (Å²) in [5.74, 6) is 0.106. The summed E-state index contributed by atoms with van der Waals surface area (Å²) in [6.45, 7) is 3.13. The third kappa shape index (κ3) is 3.35. The van der Waals surface area contributed by atoms with Crippen molar-refractivity contribution in [2.75, 3.05) is 11.5 Å². The number of benzene rings is 1. The Balaban J connectivity index is 2.94. The van der Waals surface area contributed by atoms with E-state index in [0.29, 0.717) is 11.4 Å². The number of carbonyl (C=O) groups excluding carboxylic acids is 2. The molecule has 5 nitrogen and oxygen atoms in total. The lowest BCUT2D eigenvalue weighted by atomic mass is 10.2. The molecule has 0 radical (unpaired) electrons. The van der Waals surface area contributed by atoms with Gasteiger partial charge in [0.1, 0.15) is 5.75 Å². The lowest BCUT2D eigenvalue weighted by molar-refractivity contribution is -0.115. The van der Waals surface area contributed by atoms with Gasteiger partial charge in [-0.25, -0.2) is 9.21 Å². The van der Waals surface area contributed by atoms with E-state index in [2.05, 4.69) is 5.32 Å². The fourth-order valence-corrected chi connectivity index (χ4v) is 1.43. The average molecular weight is 257 g/mol. The topological polar surface area (TPSA) is 58.6 Å². The molecule has 0 fully saturated rings. The highest BCUT2D eigenvalue weighted by Gasteiger charge is 2.12. The second-order valence-electron chi connectivity index (χ2n) is 3.39. The van der Waals surface area contributed by atoms with Crippen LogP contribution in [0.1, 0.15) is 12.5 Å². The highest BCUT2D eigenvalue weighted by Crippen LogP contribution is 2.26. The Labute approximate surface area is 104 Å². The monoisotopic (exact) mass is 256 g/mol. The number of hydrogen-bond acceptors (Lipinski definition) is 3. The molecule has 0 atom stereocenters. The second kappa shape index (κ2) is 5.54. The molecule has 1 rings (SSSR count). The zero-order valence-corrected chi connectivity index (χ0v) is 10.5. The number of ether oxygens (including phenoxy) is 1. The van der Waals surface area contributed by atoms with E-state index in [0.717, 1.165) is 9.98 Å². The molecule has 0 unspecified atom stereocenters. The highest BCUT2D eigenvalue weighted by atomic mass is 35.5. The normalized spacial score (nSPS) is 9.65. The molecule has 0 saturated carbocycles. The van der Waals surface area contributed by atoms with Crippen molar-refractivity contribution in [3.05, 3.63) is 23.8 Å². The van der Waals surface area contributed by atoms with Crippen molar-refractivity contribution in [2.45, 2.75) is 13.8 Å². The lowest BCUT2D eigenvalue weighted by Gasteiger charge is -2.15. The van der Waals surface area contributed by atoms with Gasteiger partial charge in [-0.3, -0.25) is 4.79 Å².